The zero-order valence-corrected chi connectivity index (χ0v) is 11.8. The van der Waals surface area contributed by atoms with Crippen molar-refractivity contribution in [1.29, 1.82) is 0 Å². The van der Waals surface area contributed by atoms with Crippen LogP contribution in [-0.2, 0) is 22.5 Å². The van der Waals surface area contributed by atoms with E-state index < -0.39 is 0 Å². The van der Waals surface area contributed by atoms with Gasteiger partial charge in [0.1, 0.15) is 5.82 Å². The maximum atomic E-state index is 11.6. The molecule has 1 unspecified atom stereocenters. The maximum absolute atomic E-state index is 11.6. The number of aryl methyl sites for hydroxylation is 1. The van der Waals surface area contributed by atoms with Crippen LogP contribution in [0.2, 0.25) is 5.02 Å². The van der Waals surface area contributed by atoms with Crippen molar-refractivity contribution in [1.82, 2.24) is 14.8 Å². The van der Waals surface area contributed by atoms with E-state index >= 15 is 0 Å². The van der Waals surface area contributed by atoms with Gasteiger partial charge in [0.05, 0.1) is 13.0 Å². The van der Waals surface area contributed by atoms with E-state index in [9.17, 15) is 4.79 Å². The molecule has 0 radical (unpaired) electrons. The number of fused-ring (bicyclic) bond motifs is 1. The Balaban J connectivity index is 1.89. The first-order chi connectivity index (χ1) is 9.67. The summed E-state index contributed by atoms with van der Waals surface area (Å²) >= 11 is 5.98. The molecule has 6 heteroatoms. The molecular formula is C14H14ClN3O2. The summed E-state index contributed by atoms with van der Waals surface area (Å²) in [6.07, 6.45) is 1.30. The molecule has 1 atom stereocenters. The van der Waals surface area contributed by atoms with Gasteiger partial charge in [-0.25, -0.2) is 9.67 Å². The van der Waals surface area contributed by atoms with E-state index in [0.29, 0.717) is 23.8 Å². The molecule has 0 spiro atoms. The summed E-state index contributed by atoms with van der Waals surface area (Å²) in [6, 6.07) is 7.44. The maximum Gasteiger partial charge on any atom is 0.309 e. The number of aromatic nitrogens is 3. The Morgan fingerprint density at radius 2 is 2.35 bits per heavy atom. The smallest absolute Gasteiger partial charge is 0.309 e. The number of carbonyl (C=O) groups is 1. The number of nitrogens with zero attached hydrogens (tertiary/aromatic N) is 3. The van der Waals surface area contributed by atoms with Crippen LogP contribution in [0.3, 0.4) is 0 Å². The molecule has 0 amide bonds. The monoisotopic (exact) mass is 291 g/mol. The summed E-state index contributed by atoms with van der Waals surface area (Å²) in [5.74, 6) is 1.17. The highest BCUT2D eigenvalue weighted by atomic mass is 35.5. The van der Waals surface area contributed by atoms with Crippen LogP contribution < -0.4 is 0 Å². The molecule has 2 heterocycles. The van der Waals surface area contributed by atoms with Crippen LogP contribution in [-0.4, -0.2) is 27.8 Å². The van der Waals surface area contributed by atoms with Crippen molar-refractivity contribution in [3.63, 3.8) is 0 Å². The first-order valence-electron chi connectivity index (χ1n) is 6.45. The summed E-state index contributed by atoms with van der Waals surface area (Å²) in [5.41, 5.74) is 0.883. The van der Waals surface area contributed by atoms with E-state index in [2.05, 4.69) is 10.1 Å². The fourth-order valence-corrected chi connectivity index (χ4v) is 2.61. The van der Waals surface area contributed by atoms with Crippen LogP contribution in [0.15, 0.2) is 24.3 Å². The molecule has 5 nitrogen and oxygen atoms in total. The summed E-state index contributed by atoms with van der Waals surface area (Å²) in [4.78, 5) is 16.1. The number of rotatable bonds is 2. The van der Waals surface area contributed by atoms with Gasteiger partial charge in [-0.1, -0.05) is 23.7 Å². The van der Waals surface area contributed by atoms with Gasteiger partial charge in [0.25, 0.3) is 0 Å². The molecule has 1 aromatic heterocycles. The first kappa shape index (κ1) is 13.1. The number of benzene rings is 1. The summed E-state index contributed by atoms with van der Waals surface area (Å²) in [5, 5.41) is 5.13. The van der Waals surface area contributed by atoms with Crippen LogP contribution in [0.4, 0.5) is 0 Å². The highest BCUT2D eigenvalue weighted by molar-refractivity contribution is 6.30. The van der Waals surface area contributed by atoms with Crippen LogP contribution in [0.1, 0.15) is 12.2 Å². The lowest BCUT2D eigenvalue weighted by molar-refractivity contribution is -0.146. The molecule has 0 bridgehead atoms. The van der Waals surface area contributed by atoms with E-state index in [4.69, 9.17) is 16.3 Å². The highest BCUT2D eigenvalue weighted by Crippen LogP contribution is 2.24. The zero-order valence-electron chi connectivity index (χ0n) is 11.0. The number of esters is 1. The Morgan fingerprint density at radius 3 is 3.10 bits per heavy atom. The van der Waals surface area contributed by atoms with Gasteiger partial charge in [0.2, 0.25) is 0 Å². The van der Waals surface area contributed by atoms with Gasteiger partial charge in [0.15, 0.2) is 5.82 Å². The zero-order chi connectivity index (χ0) is 14.1. The van der Waals surface area contributed by atoms with Gasteiger partial charge in [-0.05, 0) is 18.6 Å². The van der Waals surface area contributed by atoms with Gasteiger partial charge < -0.3 is 4.74 Å². The van der Waals surface area contributed by atoms with Crippen molar-refractivity contribution in [2.75, 3.05) is 7.11 Å². The molecule has 20 heavy (non-hydrogen) atoms. The van der Waals surface area contributed by atoms with Gasteiger partial charge in [-0.2, -0.15) is 5.10 Å². The first-order valence-corrected chi connectivity index (χ1v) is 6.82. The lowest BCUT2D eigenvalue weighted by atomic mass is 9.98. The standard InChI is InChI=1S/C14H14ClN3O2/c1-20-14(19)10-5-6-18-12(8-10)16-13(17-18)9-3-2-4-11(15)7-9/h2-4,7,10H,5-6,8H2,1H3. The quantitative estimate of drug-likeness (QED) is 0.797. The molecule has 0 fully saturated rings. The lowest BCUT2D eigenvalue weighted by Crippen LogP contribution is -2.27. The average molecular weight is 292 g/mol. The average Bonchev–Trinajstić information content (AvgIpc) is 2.89. The minimum absolute atomic E-state index is 0.121. The second-order valence-corrected chi connectivity index (χ2v) is 5.23. The van der Waals surface area contributed by atoms with Crippen molar-refractivity contribution < 1.29 is 9.53 Å². The Kier molecular flexibility index (Phi) is 3.44. The van der Waals surface area contributed by atoms with Crippen molar-refractivity contribution in [2.24, 2.45) is 5.92 Å². The number of hydrogen-bond donors (Lipinski definition) is 0. The molecule has 0 saturated heterocycles. The molecule has 3 rings (SSSR count). The van der Waals surface area contributed by atoms with Crippen LogP contribution >= 0.6 is 11.6 Å². The third-order valence-electron chi connectivity index (χ3n) is 3.48. The SMILES string of the molecule is COC(=O)C1CCn2nc(-c3cccc(Cl)c3)nc2C1. The molecular weight excluding hydrogens is 278 g/mol. The summed E-state index contributed by atoms with van der Waals surface area (Å²) < 4.78 is 6.65. The van der Waals surface area contributed by atoms with Crippen LogP contribution in [0.5, 0.6) is 0 Å². The van der Waals surface area contributed by atoms with Crippen molar-refractivity contribution in [2.45, 2.75) is 19.4 Å². The topological polar surface area (TPSA) is 57.0 Å². The van der Waals surface area contributed by atoms with Gasteiger partial charge in [0, 0.05) is 23.6 Å². The molecule has 0 aliphatic carbocycles. The Bertz CT molecular complexity index is 654. The van der Waals surface area contributed by atoms with Crippen molar-refractivity contribution in [3.8, 4) is 11.4 Å². The largest absolute Gasteiger partial charge is 0.469 e. The fraction of sp³-hybridized carbons (Fsp3) is 0.357. The summed E-state index contributed by atoms with van der Waals surface area (Å²) in [6.45, 7) is 0.683. The van der Waals surface area contributed by atoms with Gasteiger partial charge in [-0.15, -0.1) is 0 Å². The molecule has 104 valence electrons. The Hall–Kier alpha value is -1.88. The van der Waals surface area contributed by atoms with Gasteiger partial charge in [-0.3, -0.25) is 4.79 Å². The third kappa shape index (κ3) is 2.41. The highest BCUT2D eigenvalue weighted by Gasteiger charge is 2.27. The minimum Gasteiger partial charge on any atom is -0.469 e. The van der Waals surface area contributed by atoms with Crippen molar-refractivity contribution in [3.05, 3.63) is 35.1 Å². The Labute approximate surface area is 121 Å². The summed E-state index contributed by atoms with van der Waals surface area (Å²) in [7, 11) is 1.42. The van der Waals surface area contributed by atoms with E-state index in [0.717, 1.165) is 17.8 Å². The number of halogens is 1. The van der Waals surface area contributed by atoms with E-state index in [1.54, 1.807) is 0 Å². The second-order valence-electron chi connectivity index (χ2n) is 4.80. The van der Waals surface area contributed by atoms with E-state index in [-0.39, 0.29) is 11.9 Å². The molecule has 2 aromatic rings. The predicted octanol–water partition coefficient (Wildman–Crippen LogP) is 2.33. The number of carbonyl (C=O) groups excluding carboxylic acids is 1. The molecule has 0 N–H and O–H groups in total. The number of methoxy groups -OCH3 is 1. The lowest BCUT2D eigenvalue weighted by Gasteiger charge is -2.19. The Morgan fingerprint density at radius 1 is 1.50 bits per heavy atom. The third-order valence-corrected chi connectivity index (χ3v) is 3.72. The minimum atomic E-state index is -0.177. The molecule has 1 aliphatic heterocycles. The van der Waals surface area contributed by atoms with Gasteiger partial charge >= 0.3 is 5.97 Å². The van der Waals surface area contributed by atoms with E-state index in [1.165, 1.54) is 7.11 Å². The van der Waals surface area contributed by atoms with Crippen LogP contribution in [0.25, 0.3) is 11.4 Å². The van der Waals surface area contributed by atoms with Crippen LogP contribution in [0, 0.1) is 5.92 Å². The van der Waals surface area contributed by atoms with Crippen molar-refractivity contribution >= 4 is 17.6 Å². The molecule has 0 saturated carbocycles. The predicted molar refractivity (Wildman–Crippen MR) is 74.3 cm³/mol. The number of hydrogen-bond acceptors (Lipinski definition) is 4. The molecule has 1 aliphatic rings. The van der Waals surface area contributed by atoms with E-state index in [1.807, 2.05) is 28.9 Å². The normalized spacial score (nSPS) is 17.6. The second kappa shape index (κ2) is 5.25. The fourth-order valence-electron chi connectivity index (χ4n) is 2.42. The number of ether oxygens (including phenoxy) is 1. The molecule has 1 aromatic carbocycles.